The normalized spacial score (nSPS) is 12.2. The van der Waals surface area contributed by atoms with Gasteiger partial charge in [-0.05, 0) is 64.2 Å². The Bertz CT molecular complexity index is 1050. The maximum atomic E-state index is 12.8. The molecule has 0 amide bonds. The van der Waals surface area contributed by atoms with Crippen molar-refractivity contribution in [3.8, 4) is 0 Å². The first kappa shape index (κ1) is 59.6. The Morgan fingerprint density at radius 3 is 1.02 bits per heavy atom. The molecule has 0 aliphatic carbocycles. The van der Waals surface area contributed by atoms with Crippen LogP contribution in [0.15, 0.2) is 36.5 Å². The van der Waals surface area contributed by atoms with Crippen molar-refractivity contribution >= 4 is 17.9 Å². The molecule has 62 heavy (non-hydrogen) atoms. The summed E-state index contributed by atoms with van der Waals surface area (Å²) < 4.78 is 16.8. The number of carbonyl (C=O) groups is 3. The third-order valence-electron chi connectivity index (χ3n) is 11.8. The van der Waals surface area contributed by atoms with Gasteiger partial charge >= 0.3 is 17.9 Å². The minimum absolute atomic E-state index is 0.0775. The maximum absolute atomic E-state index is 12.8. The van der Waals surface area contributed by atoms with E-state index in [0.717, 1.165) is 96.3 Å². The number of hydrogen-bond donors (Lipinski definition) is 0. The van der Waals surface area contributed by atoms with Crippen LogP contribution in [0.2, 0.25) is 0 Å². The Morgan fingerprint density at radius 2 is 0.629 bits per heavy atom. The summed E-state index contributed by atoms with van der Waals surface area (Å²) in [5.41, 5.74) is 0. The van der Waals surface area contributed by atoms with Gasteiger partial charge in [-0.3, -0.25) is 14.4 Å². The molecule has 6 nitrogen and oxygen atoms in total. The Morgan fingerprint density at radius 1 is 0.323 bits per heavy atom. The molecule has 0 heterocycles. The number of ether oxygens (including phenoxy) is 3. The van der Waals surface area contributed by atoms with Gasteiger partial charge in [0.05, 0.1) is 0 Å². The lowest BCUT2D eigenvalue weighted by Crippen LogP contribution is -2.30. The molecule has 1 atom stereocenters. The lowest BCUT2D eigenvalue weighted by Gasteiger charge is -2.18. The molecule has 0 saturated heterocycles. The molecular formula is C56H102O6. The van der Waals surface area contributed by atoms with Gasteiger partial charge in [0.15, 0.2) is 6.10 Å². The monoisotopic (exact) mass is 871 g/mol. The molecule has 1 unspecified atom stereocenters. The topological polar surface area (TPSA) is 78.9 Å². The number of unbranched alkanes of at least 4 members (excludes halogenated alkanes) is 32. The standard InChI is InChI=1S/C56H102O6/c1-4-7-10-13-16-19-22-24-25-26-27-28-29-30-32-34-37-40-43-46-49-55(58)61-52-53(51-60-54(57)48-45-42-39-36-33-21-18-15-12-9-6-3)62-56(59)50-47-44-41-38-35-31-23-20-17-14-11-8-5-2/h11,14-15,18,20,23,53H,4-10,12-13,16-17,19,21-22,24-52H2,1-3H3/b14-11-,18-15-,23-20-. The second kappa shape index (κ2) is 51.3. The molecule has 0 spiro atoms. The van der Waals surface area contributed by atoms with Crippen LogP contribution in [-0.4, -0.2) is 37.2 Å². The van der Waals surface area contributed by atoms with Gasteiger partial charge in [-0.15, -0.1) is 0 Å². The lowest BCUT2D eigenvalue weighted by molar-refractivity contribution is -0.167. The third-order valence-corrected chi connectivity index (χ3v) is 11.8. The van der Waals surface area contributed by atoms with Crippen LogP contribution >= 0.6 is 0 Å². The fourth-order valence-corrected chi connectivity index (χ4v) is 7.76. The van der Waals surface area contributed by atoms with E-state index in [2.05, 4.69) is 57.2 Å². The van der Waals surface area contributed by atoms with Crippen molar-refractivity contribution in [2.24, 2.45) is 0 Å². The number of carbonyl (C=O) groups excluding carboxylic acids is 3. The van der Waals surface area contributed by atoms with Crippen LogP contribution in [0.25, 0.3) is 0 Å². The van der Waals surface area contributed by atoms with E-state index in [1.54, 1.807) is 0 Å². The smallest absolute Gasteiger partial charge is 0.306 e. The van der Waals surface area contributed by atoms with Gasteiger partial charge in [0.25, 0.3) is 0 Å². The van der Waals surface area contributed by atoms with Crippen LogP contribution in [0.3, 0.4) is 0 Å². The molecule has 362 valence electrons. The average molecular weight is 871 g/mol. The molecule has 0 saturated carbocycles. The predicted octanol–water partition coefficient (Wildman–Crippen LogP) is 17.7. The van der Waals surface area contributed by atoms with E-state index in [0.29, 0.717) is 19.3 Å². The van der Waals surface area contributed by atoms with Crippen molar-refractivity contribution in [2.45, 2.75) is 290 Å². The number of allylic oxidation sites excluding steroid dienone is 6. The summed E-state index contributed by atoms with van der Waals surface area (Å²) in [6.07, 6.45) is 59.9. The van der Waals surface area contributed by atoms with Crippen LogP contribution in [-0.2, 0) is 28.6 Å². The molecule has 0 aromatic rings. The fourth-order valence-electron chi connectivity index (χ4n) is 7.76. The van der Waals surface area contributed by atoms with Crippen LogP contribution in [0.5, 0.6) is 0 Å². The summed E-state index contributed by atoms with van der Waals surface area (Å²) in [7, 11) is 0. The summed E-state index contributed by atoms with van der Waals surface area (Å²) in [6, 6.07) is 0. The molecule has 0 bridgehead atoms. The van der Waals surface area contributed by atoms with Crippen LogP contribution < -0.4 is 0 Å². The molecule has 0 aromatic heterocycles. The van der Waals surface area contributed by atoms with Crippen LogP contribution in [0.4, 0.5) is 0 Å². The highest BCUT2D eigenvalue weighted by molar-refractivity contribution is 5.71. The van der Waals surface area contributed by atoms with Crippen molar-refractivity contribution in [3.05, 3.63) is 36.5 Å². The molecular weight excluding hydrogens is 769 g/mol. The van der Waals surface area contributed by atoms with Crippen molar-refractivity contribution < 1.29 is 28.6 Å². The summed E-state index contributed by atoms with van der Waals surface area (Å²) in [6.45, 7) is 6.55. The highest BCUT2D eigenvalue weighted by Gasteiger charge is 2.19. The molecule has 0 aliphatic rings. The van der Waals surface area contributed by atoms with E-state index in [-0.39, 0.29) is 31.1 Å². The van der Waals surface area contributed by atoms with Gasteiger partial charge in [-0.25, -0.2) is 0 Å². The minimum atomic E-state index is -0.778. The van der Waals surface area contributed by atoms with Gasteiger partial charge in [-0.2, -0.15) is 0 Å². The zero-order valence-electron chi connectivity index (χ0n) is 41.4. The van der Waals surface area contributed by atoms with Crippen molar-refractivity contribution in [2.75, 3.05) is 13.2 Å². The van der Waals surface area contributed by atoms with Crippen molar-refractivity contribution in [3.63, 3.8) is 0 Å². The van der Waals surface area contributed by atoms with E-state index in [4.69, 9.17) is 14.2 Å². The molecule has 0 aliphatic heterocycles. The third kappa shape index (κ3) is 48.7. The lowest BCUT2D eigenvalue weighted by atomic mass is 10.0. The minimum Gasteiger partial charge on any atom is -0.462 e. The Labute approximate surface area is 385 Å². The first-order valence-corrected chi connectivity index (χ1v) is 27.0. The highest BCUT2D eigenvalue weighted by atomic mass is 16.6. The molecule has 0 radical (unpaired) electrons. The van der Waals surface area contributed by atoms with E-state index < -0.39 is 6.10 Å². The van der Waals surface area contributed by atoms with Crippen LogP contribution in [0.1, 0.15) is 284 Å². The van der Waals surface area contributed by atoms with Crippen molar-refractivity contribution in [1.82, 2.24) is 0 Å². The Kier molecular flexibility index (Phi) is 49.3. The second-order valence-electron chi connectivity index (χ2n) is 18.1. The maximum Gasteiger partial charge on any atom is 0.306 e. The SMILES string of the molecule is CCC/C=C\C/C=C\CCCCCCCC(=O)OC(COC(=O)CCCCCCC/C=C\CCCC)COC(=O)CCCCCCCCCCCCCCCCCCCCCC. The van der Waals surface area contributed by atoms with E-state index in [1.165, 1.54) is 148 Å². The van der Waals surface area contributed by atoms with Gasteiger partial charge in [0.1, 0.15) is 13.2 Å². The van der Waals surface area contributed by atoms with Gasteiger partial charge in [0, 0.05) is 19.3 Å². The van der Waals surface area contributed by atoms with E-state index in [1.807, 2.05) is 0 Å². The molecule has 0 fully saturated rings. The molecule has 0 rings (SSSR count). The van der Waals surface area contributed by atoms with E-state index >= 15 is 0 Å². The number of hydrogen-bond acceptors (Lipinski definition) is 6. The zero-order chi connectivity index (χ0) is 45.1. The summed E-state index contributed by atoms with van der Waals surface area (Å²) in [5, 5.41) is 0. The van der Waals surface area contributed by atoms with E-state index in [9.17, 15) is 14.4 Å². The number of rotatable bonds is 49. The molecule has 0 N–H and O–H groups in total. The Hall–Kier alpha value is -2.37. The summed E-state index contributed by atoms with van der Waals surface area (Å²) >= 11 is 0. The molecule has 0 aromatic carbocycles. The predicted molar refractivity (Wildman–Crippen MR) is 266 cm³/mol. The fraction of sp³-hybridized carbons (Fsp3) is 0.839. The largest absolute Gasteiger partial charge is 0.462 e. The first-order valence-electron chi connectivity index (χ1n) is 27.0. The summed E-state index contributed by atoms with van der Waals surface area (Å²) in [5.74, 6) is -0.891. The second-order valence-corrected chi connectivity index (χ2v) is 18.1. The van der Waals surface area contributed by atoms with Gasteiger partial charge < -0.3 is 14.2 Å². The highest BCUT2D eigenvalue weighted by Crippen LogP contribution is 2.16. The Balaban J connectivity index is 4.27. The average Bonchev–Trinajstić information content (AvgIpc) is 3.27. The van der Waals surface area contributed by atoms with Gasteiger partial charge in [-0.1, -0.05) is 237 Å². The van der Waals surface area contributed by atoms with Gasteiger partial charge in [0.2, 0.25) is 0 Å². The quantitative estimate of drug-likeness (QED) is 0.0262. The first-order chi connectivity index (χ1) is 30.5. The van der Waals surface area contributed by atoms with Crippen molar-refractivity contribution in [1.29, 1.82) is 0 Å². The van der Waals surface area contributed by atoms with Crippen LogP contribution in [0, 0.1) is 0 Å². The number of esters is 3. The zero-order valence-corrected chi connectivity index (χ0v) is 41.4. The summed E-state index contributed by atoms with van der Waals surface area (Å²) in [4.78, 5) is 37.9. The molecule has 6 heteroatoms.